The molecule has 108 valence electrons. The molecule has 1 aromatic carbocycles. The Morgan fingerprint density at radius 1 is 1.29 bits per heavy atom. The highest BCUT2D eigenvalue weighted by atomic mass is 16.5. The quantitative estimate of drug-likeness (QED) is 0.689. The average molecular weight is 284 g/mol. The maximum absolute atomic E-state index is 11.4. The summed E-state index contributed by atoms with van der Waals surface area (Å²) in [4.78, 5) is 11.4. The third kappa shape index (κ3) is 2.29. The summed E-state index contributed by atoms with van der Waals surface area (Å²) in [6, 6.07) is 7.34. The van der Waals surface area contributed by atoms with Crippen molar-refractivity contribution < 1.29 is 9.53 Å². The van der Waals surface area contributed by atoms with Crippen LogP contribution < -0.4 is 0 Å². The Balaban J connectivity index is 1.90. The molecule has 0 aliphatic rings. The van der Waals surface area contributed by atoms with E-state index >= 15 is 0 Å². The highest BCUT2D eigenvalue weighted by Gasteiger charge is 2.12. The highest BCUT2D eigenvalue weighted by Crippen LogP contribution is 2.18. The second kappa shape index (κ2) is 5.05. The SMILES string of the molecule is COC(=O)c1ccc(Cn2ncc3c2c(C)nn3C)cc1. The fourth-order valence-electron chi connectivity index (χ4n) is 2.47. The number of rotatable bonds is 3. The number of hydrogen-bond acceptors (Lipinski definition) is 4. The predicted octanol–water partition coefficient (Wildman–Crippen LogP) is 1.91. The normalized spacial score (nSPS) is 11.0. The van der Waals surface area contributed by atoms with E-state index in [4.69, 9.17) is 4.74 Å². The lowest BCUT2D eigenvalue weighted by molar-refractivity contribution is 0.0600. The van der Waals surface area contributed by atoms with Gasteiger partial charge in [0, 0.05) is 7.05 Å². The molecule has 0 N–H and O–H groups in total. The molecule has 0 saturated carbocycles. The van der Waals surface area contributed by atoms with Crippen molar-refractivity contribution in [2.75, 3.05) is 7.11 Å². The molecule has 2 heterocycles. The Morgan fingerprint density at radius 3 is 2.67 bits per heavy atom. The van der Waals surface area contributed by atoms with Crippen LogP contribution in [0.5, 0.6) is 0 Å². The molecule has 2 aromatic heterocycles. The van der Waals surface area contributed by atoms with Crippen LogP contribution in [0.25, 0.3) is 11.0 Å². The number of ether oxygens (including phenoxy) is 1. The first-order chi connectivity index (χ1) is 10.1. The van der Waals surface area contributed by atoms with Crippen LogP contribution in [0, 0.1) is 6.92 Å². The van der Waals surface area contributed by atoms with Crippen LogP contribution in [-0.4, -0.2) is 32.6 Å². The fourth-order valence-corrected chi connectivity index (χ4v) is 2.47. The van der Waals surface area contributed by atoms with Crippen molar-refractivity contribution in [3.05, 3.63) is 47.3 Å². The standard InChI is InChI=1S/C15H16N4O2/c1-10-14-13(18(2)17-10)8-16-19(14)9-11-4-6-12(7-5-11)15(20)21-3/h4-8H,9H2,1-3H3. The van der Waals surface area contributed by atoms with Crippen LogP contribution in [0.15, 0.2) is 30.5 Å². The minimum Gasteiger partial charge on any atom is -0.465 e. The van der Waals surface area contributed by atoms with E-state index in [-0.39, 0.29) is 5.97 Å². The number of nitrogens with zero attached hydrogens (tertiary/aromatic N) is 4. The summed E-state index contributed by atoms with van der Waals surface area (Å²) in [6.07, 6.45) is 1.82. The Labute approximate surface area is 121 Å². The zero-order chi connectivity index (χ0) is 15.0. The Bertz CT molecular complexity index is 799. The molecule has 0 fully saturated rings. The average Bonchev–Trinajstić information content (AvgIpc) is 3.02. The molecular weight excluding hydrogens is 268 g/mol. The zero-order valence-electron chi connectivity index (χ0n) is 12.2. The zero-order valence-corrected chi connectivity index (χ0v) is 12.2. The number of aromatic nitrogens is 4. The third-order valence-corrected chi connectivity index (χ3v) is 3.52. The monoisotopic (exact) mass is 284 g/mol. The van der Waals surface area contributed by atoms with Gasteiger partial charge in [-0.3, -0.25) is 9.36 Å². The van der Waals surface area contributed by atoms with Gasteiger partial charge < -0.3 is 4.74 Å². The van der Waals surface area contributed by atoms with Gasteiger partial charge in [0.25, 0.3) is 0 Å². The molecule has 0 amide bonds. The molecule has 3 aromatic rings. The summed E-state index contributed by atoms with van der Waals surface area (Å²) in [5.41, 5.74) is 4.62. The lowest BCUT2D eigenvalue weighted by Gasteiger charge is -2.04. The molecule has 0 aliphatic carbocycles. The van der Waals surface area contributed by atoms with Crippen molar-refractivity contribution in [3.63, 3.8) is 0 Å². The van der Waals surface area contributed by atoms with Crippen molar-refractivity contribution in [3.8, 4) is 0 Å². The third-order valence-electron chi connectivity index (χ3n) is 3.52. The molecule has 0 spiro atoms. The molecule has 0 atom stereocenters. The van der Waals surface area contributed by atoms with Crippen LogP contribution in [0.1, 0.15) is 21.6 Å². The van der Waals surface area contributed by atoms with Gasteiger partial charge in [0.2, 0.25) is 0 Å². The van der Waals surface area contributed by atoms with E-state index < -0.39 is 0 Å². The molecule has 0 unspecified atom stereocenters. The van der Waals surface area contributed by atoms with Crippen molar-refractivity contribution in [2.45, 2.75) is 13.5 Å². The summed E-state index contributed by atoms with van der Waals surface area (Å²) >= 11 is 0. The van der Waals surface area contributed by atoms with Crippen LogP contribution in [-0.2, 0) is 18.3 Å². The first kappa shape index (κ1) is 13.4. The van der Waals surface area contributed by atoms with Gasteiger partial charge in [0.15, 0.2) is 0 Å². The first-order valence-corrected chi connectivity index (χ1v) is 6.62. The number of hydrogen-bond donors (Lipinski definition) is 0. The summed E-state index contributed by atoms with van der Waals surface area (Å²) in [5.74, 6) is -0.328. The summed E-state index contributed by atoms with van der Waals surface area (Å²) in [6.45, 7) is 2.61. The summed E-state index contributed by atoms with van der Waals surface area (Å²) in [5, 5.41) is 8.81. The number of aryl methyl sites for hydroxylation is 2. The van der Waals surface area contributed by atoms with Gasteiger partial charge in [-0.2, -0.15) is 10.2 Å². The molecule has 21 heavy (non-hydrogen) atoms. The minimum atomic E-state index is -0.328. The van der Waals surface area contributed by atoms with Crippen molar-refractivity contribution in [1.29, 1.82) is 0 Å². The van der Waals surface area contributed by atoms with E-state index in [9.17, 15) is 4.79 Å². The molecule has 0 aliphatic heterocycles. The minimum absolute atomic E-state index is 0.328. The summed E-state index contributed by atoms with van der Waals surface area (Å²) < 4.78 is 8.44. The van der Waals surface area contributed by atoms with E-state index in [2.05, 4.69) is 10.2 Å². The van der Waals surface area contributed by atoms with E-state index in [1.54, 1.807) is 12.1 Å². The number of esters is 1. The predicted molar refractivity (Wildman–Crippen MR) is 78.1 cm³/mol. The maximum Gasteiger partial charge on any atom is 0.337 e. The number of benzene rings is 1. The van der Waals surface area contributed by atoms with Crippen LogP contribution in [0.4, 0.5) is 0 Å². The van der Waals surface area contributed by atoms with E-state index in [0.717, 1.165) is 22.3 Å². The molecule has 0 bridgehead atoms. The molecule has 6 nitrogen and oxygen atoms in total. The van der Waals surface area contributed by atoms with Gasteiger partial charge in [-0.25, -0.2) is 4.79 Å². The topological polar surface area (TPSA) is 61.9 Å². The number of methoxy groups -OCH3 is 1. The Hall–Kier alpha value is -2.63. The van der Waals surface area contributed by atoms with Crippen LogP contribution >= 0.6 is 0 Å². The molecule has 3 rings (SSSR count). The van der Waals surface area contributed by atoms with Crippen LogP contribution in [0.3, 0.4) is 0 Å². The number of carbonyl (C=O) groups excluding carboxylic acids is 1. The van der Waals surface area contributed by atoms with Gasteiger partial charge in [0.1, 0.15) is 11.0 Å². The Kier molecular flexibility index (Phi) is 3.21. The largest absolute Gasteiger partial charge is 0.465 e. The van der Waals surface area contributed by atoms with Gasteiger partial charge >= 0.3 is 5.97 Å². The van der Waals surface area contributed by atoms with E-state index in [0.29, 0.717) is 12.1 Å². The van der Waals surface area contributed by atoms with Crippen molar-refractivity contribution >= 4 is 17.0 Å². The highest BCUT2D eigenvalue weighted by molar-refractivity contribution is 5.89. The molecular formula is C15H16N4O2. The van der Waals surface area contributed by atoms with Crippen molar-refractivity contribution in [2.24, 2.45) is 7.05 Å². The molecule has 0 saturated heterocycles. The Morgan fingerprint density at radius 2 is 2.00 bits per heavy atom. The smallest absolute Gasteiger partial charge is 0.337 e. The molecule has 6 heteroatoms. The second-order valence-corrected chi connectivity index (χ2v) is 4.93. The van der Waals surface area contributed by atoms with Crippen LogP contribution in [0.2, 0.25) is 0 Å². The summed E-state index contributed by atoms with van der Waals surface area (Å²) in [7, 11) is 3.29. The maximum atomic E-state index is 11.4. The molecule has 0 radical (unpaired) electrons. The lowest BCUT2D eigenvalue weighted by atomic mass is 10.1. The fraction of sp³-hybridized carbons (Fsp3) is 0.267. The first-order valence-electron chi connectivity index (χ1n) is 6.62. The van der Waals surface area contributed by atoms with Crippen molar-refractivity contribution in [1.82, 2.24) is 19.6 Å². The number of fused-ring (bicyclic) bond motifs is 1. The second-order valence-electron chi connectivity index (χ2n) is 4.93. The van der Waals surface area contributed by atoms with E-state index in [1.807, 2.05) is 41.7 Å². The van der Waals surface area contributed by atoms with Gasteiger partial charge in [0.05, 0.1) is 31.1 Å². The lowest BCUT2D eigenvalue weighted by Crippen LogP contribution is -2.04. The van der Waals surface area contributed by atoms with E-state index in [1.165, 1.54) is 7.11 Å². The van der Waals surface area contributed by atoms with Gasteiger partial charge in [-0.05, 0) is 24.6 Å². The number of carbonyl (C=O) groups is 1. The van der Waals surface area contributed by atoms with Gasteiger partial charge in [-0.15, -0.1) is 0 Å². The van der Waals surface area contributed by atoms with Gasteiger partial charge in [-0.1, -0.05) is 12.1 Å².